The molecule has 0 amide bonds. The fourth-order valence-electron chi connectivity index (χ4n) is 4.49. The van der Waals surface area contributed by atoms with Crippen molar-refractivity contribution in [3.05, 3.63) is 100 Å². The van der Waals surface area contributed by atoms with Gasteiger partial charge in [-0.1, -0.05) is 48.2 Å². The van der Waals surface area contributed by atoms with Crippen molar-refractivity contribution in [2.75, 3.05) is 11.9 Å². The molecule has 1 saturated carbocycles. The number of amidine groups is 1. The average molecular weight is 521 g/mol. The summed E-state index contributed by atoms with van der Waals surface area (Å²) in [4.78, 5) is 18.0. The number of nitrogen functional groups attached to an aromatic ring is 1. The molecule has 0 unspecified atom stereocenters. The summed E-state index contributed by atoms with van der Waals surface area (Å²) >= 11 is 0. The number of benzene rings is 3. The van der Waals surface area contributed by atoms with Gasteiger partial charge in [0.25, 0.3) is 5.56 Å². The van der Waals surface area contributed by atoms with Crippen LogP contribution in [0.2, 0.25) is 0 Å². The van der Waals surface area contributed by atoms with Crippen LogP contribution in [-0.2, 0) is 6.54 Å². The van der Waals surface area contributed by atoms with E-state index in [0.717, 1.165) is 30.1 Å². The SMILES string of the molecule is CC(=N)c1ncn(-c2ccc(-c3ccccc3CNCC3CC3)cc2)c(=O)c1Nc1ccc([O-])c(C(=N)N)c1. The molecule has 6 N–H and O–H groups in total. The molecular weight excluding hydrogens is 490 g/mol. The predicted octanol–water partition coefficient (Wildman–Crippen LogP) is 3.89. The van der Waals surface area contributed by atoms with Crippen molar-refractivity contribution >= 4 is 22.9 Å². The van der Waals surface area contributed by atoms with Crippen molar-refractivity contribution < 1.29 is 5.11 Å². The maximum Gasteiger partial charge on any atom is 0.282 e. The Bertz CT molecular complexity index is 1600. The van der Waals surface area contributed by atoms with E-state index in [-0.39, 0.29) is 34.2 Å². The summed E-state index contributed by atoms with van der Waals surface area (Å²) in [7, 11) is 0. The fraction of sp³-hybridized carbons (Fsp3) is 0.200. The molecule has 9 nitrogen and oxygen atoms in total. The van der Waals surface area contributed by atoms with Crippen LogP contribution in [0.15, 0.2) is 77.9 Å². The average Bonchev–Trinajstić information content (AvgIpc) is 3.75. The minimum Gasteiger partial charge on any atom is -0.872 e. The first-order chi connectivity index (χ1) is 18.8. The topological polar surface area (TPSA) is 156 Å². The van der Waals surface area contributed by atoms with Crippen LogP contribution in [0, 0.1) is 16.7 Å². The quantitative estimate of drug-likeness (QED) is 0.158. The highest BCUT2D eigenvalue weighted by atomic mass is 16.3. The third-order valence-electron chi connectivity index (χ3n) is 6.79. The molecule has 1 aliphatic carbocycles. The van der Waals surface area contributed by atoms with Crippen LogP contribution in [0.3, 0.4) is 0 Å². The van der Waals surface area contributed by atoms with E-state index in [9.17, 15) is 9.90 Å². The molecule has 39 heavy (non-hydrogen) atoms. The van der Waals surface area contributed by atoms with Gasteiger partial charge in [0.05, 0.1) is 11.4 Å². The molecule has 1 fully saturated rings. The Morgan fingerprint density at radius 1 is 1.10 bits per heavy atom. The van der Waals surface area contributed by atoms with Crippen LogP contribution < -0.4 is 27.0 Å². The van der Waals surface area contributed by atoms with Gasteiger partial charge in [-0.2, -0.15) is 0 Å². The van der Waals surface area contributed by atoms with Crippen LogP contribution in [-0.4, -0.2) is 27.6 Å². The number of nitrogens with zero attached hydrogens (tertiary/aromatic N) is 2. The first-order valence-corrected chi connectivity index (χ1v) is 12.8. The van der Waals surface area contributed by atoms with Crippen molar-refractivity contribution in [3.63, 3.8) is 0 Å². The van der Waals surface area contributed by atoms with E-state index in [1.807, 2.05) is 36.4 Å². The molecule has 3 aromatic carbocycles. The van der Waals surface area contributed by atoms with Gasteiger partial charge in [-0.05, 0) is 73.2 Å². The molecule has 9 heteroatoms. The summed E-state index contributed by atoms with van der Waals surface area (Å²) in [6, 6.07) is 20.2. The van der Waals surface area contributed by atoms with Crippen molar-refractivity contribution in [2.45, 2.75) is 26.3 Å². The molecule has 0 atom stereocenters. The molecule has 5 rings (SSSR count). The fourth-order valence-corrected chi connectivity index (χ4v) is 4.49. The molecule has 1 aromatic heterocycles. The zero-order chi connectivity index (χ0) is 27.5. The van der Waals surface area contributed by atoms with E-state index in [1.165, 1.54) is 47.5 Å². The Morgan fingerprint density at radius 3 is 2.54 bits per heavy atom. The lowest BCUT2D eigenvalue weighted by Gasteiger charge is -2.17. The van der Waals surface area contributed by atoms with E-state index in [0.29, 0.717) is 11.4 Å². The maximum atomic E-state index is 13.6. The van der Waals surface area contributed by atoms with Gasteiger partial charge < -0.3 is 26.9 Å². The highest BCUT2D eigenvalue weighted by Gasteiger charge is 2.20. The molecule has 1 heterocycles. The molecular formula is C30H30N7O2-. The number of hydrogen-bond acceptors (Lipinski definition) is 7. The molecule has 0 bridgehead atoms. The zero-order valence-corrected chi connectivity index (χ0v) is 21.6. The van der Waals surface area contributed by atoms with E-state index >= 15 is 0 Å². The van der Waals surface area contributed by atoms with E-state index in [1.54, 1.807) is 6.92 Å². The molecule has 0 saturated heterocycles. The molecule has 1 aliphatic rings. The zero-order valence-electron chi connectivity index (χ0n) is 21.6. The van der Waals surface area contributed by atoms with Gasteiger partial charge in [-0.15, -0.1) is 0 Å². The number of aromatic nitrogens is 2. The molecule has 198 valence electrons. The summed E-state index contributed by atoms with van der Waals surface area (Å²) in [6.45, 7) is 3.39. The van der Waals surface area contributed by atoms with Crippen molar-refractivity contribution in [1.82, 2.24) is 14.9 Å². The number of hydrogen-bond donors (Lipinski definition) is 5. The van der Waals surface area contributed by atoms with Crippen LogP contribution in [0.25, 0.3) is 16.8 Å². The maximum absolute atomic E-state index is 13.6. The first-order valence-electron chi connectivity index (χ1n) is 12.8. The summed E-state index contributed by atoms with van der Waals surface area (Å²) < 4.78 is 1.41. The van der Waals surface area contributed by atoms with Crippen LogP contribution in [0.1, 0.15) is 36.6 Å². The lowest BCUT2D eigenvalue weighted by Crippen LogP contribution is -2.25. The second-order valence-electron chi connectivity index (χ2n) is 9.80. The Morgan fingerprint density at radius 2 is 1.85 bits per heavy atom. The Balaban J connectivity index is 1.45. The number of nitrogens with two attached hydrogens (primary N) is 1. The highest BCUT2D eigenvalue weighted by molar-refractivity contribution is 6.01. The van der Waals surface area contributed by atoms with E-state index in [4.69, 9.17) is 16.6 Å². The Labute approximate surface area is 226 Å². The lowest BCUT2D eigenvalue weighted by atomic mass is 9.99. The smallest absolute Gasteiger partial charge is 0.282 e. The normalized spacial score (nSPS) is 12.7. The van der Waals surface area contributed by atoms with Gasteiger partial charge in [0.15, 0.2) is 0 Å². The van der Waals surface area contributed by atoms with Crippen LogP contribution in [0.4, 0.5) is 11.4 Å². The molecule has 0 aliphatic heterocycles. The van der Waals surface area contributed by atoms with Gasteiger partial charge in [0, 0.05) is 17.8 Å². The van der Waals surface area contributed by atoms with E-state index < -0.39 is 5.56 Å². The van der Waals surface area contributed by atoms with Crippen LogP contribution >= 0.6 is 0 Å². The largest absolute Gasteiger partial charge is 0.872 e. The first kappa shape index (κ1) is 25.9. The second kappa shape index (κ2) is 10.9. The summed E-state index contributed by atoms with van der Waals surface area (Å²) in [5, 5.41) is 34.3. The number of rotatable bonds is 10. The molecule has 0 spiro atoms. The molecule has 4 aromatic rings. The Hall–Kier alpha value is -4.76. The highest BCUT2D eigenvalue weighted by Crippen LogP contribution is 2.29. The Kier molecular flexibility index (Phi) is 7.25. The van der Waals surface area contributed by atoms with Gasteiger partial charge >= 0.3 is 0 Å². The predicted molar refractivity (Wildman–Crippen MR) is 152 cm³/mol. The summed E-state index contributed by atoms with van der Waals surface area (Å²) in [6.07, 6.45) is 4.04. The van der Waals surface area contributed by atoms with Crippen molar-refractivity contribution in [1.29, 1.82) is 10.8 Å². The second-order valence-corrected chi connectivity index (χ2v) is 9.80. The standard InChI is InChI=1S/C30H31N7O2/c1-18(31)27-28(36-22-10-13-26(38)25(14-22)29(32)33)30(39)37(17-35-27)23-11-8-20(9-12-23)24-5-3-2-4-21(24)16-34-15-19-6-7-19/h2-5,8-14,17,19,31,34,36,38H,6-7,15-16H2,1H3,(H3,32,33)/p-1. The van der Waals surface area contributed by atoms with Crippen LogP contribution in [0.5, 0.6) is 5.75 Å². The monoisotopic (exact) mass is 520 g/mol. The number of anilines is 2. The minimum absolute atomic E-state index is 0.0240. The van der Waals surface area contributed by atoms with E-state index in [2.05, 4.69) is 27.8 Å². The lowest BCUT2D eigenvalue weighted by molar-refractivity contribution is -0.268. The van der Waals surface area contributed by atoms with Gasteiger partial charge in [-0.25, -0.2) is 4.98 Å². The summed E-state index contributed by atoms with van der Waals surface area (Å²) in [5.41, 5.74) is 9.95. The number of nitrogens with one attached hydrogen (secondary N) is 4. The van der Waals surface area contributed by atoms with Gasteiger partial charge in [0.1, 0.15) is 23.5 Å². The third-order valence-corrected chi connectivity index (χ3v) is 6.79. The van der Waals surface area contributed by atoms with Gasteiger partial charge in [0.2, 0.25) is 0 Å². The minimum atomic E-state index is -0.403. The van der Waals surface area contributed by atoms with Crippen molar-refractivity contribution in [3.8, 4) is 22.6 Å². The summed E-state index contributed by atoms with van der Waals surface area (Å²) in [5.74, 6) is 0.0596. The third kappa shape index (κ3) is 5.73. The van der Waals surface area contributed by atoms with Gasteiger partial charge in [-0.3, -0.25) is 14.8 Å². The molecule has 0 radical (unpaired) electrons. The van der Waals surface area contributed by atoms with Crippen molar-refractivity contribution in [2.24, 2.45) is 11.7 Å².